The van der Waals surface area contributed by atoms with Crippen molar-refractivity contribution in [1.29, 1.82) is 0 Å². The lowest BCUT2D eigenvalue weighted by Gasteiger charge is -2.53. The van der Waals surface area contributed by atoms with Crippen molar-refractivity contribution in [2.45, 2.75) is 38.0 Å². The maximum absolute atomic E-state index is 15.0. The second-order valence-electron chi connectivity index (χ2n) is 11.8. The van der Waals surface area contributed by atoms with E-state index in [-0.39, 0.29) is 23.0 Å². The van der Waals surface area contributed by atoms with Crippen LogP contribution in [0.5, 0.6) is 0 Å². The van der Waals surface area contributed by atoms with E-state index < -0.39 is 5.82 Å². The third kappa shape index (κ3) is 3.79. The average Bonchev–Trinajstić information content (AvgIpc) is 3.57. The molecule has 0 atom stereocenters. The van der Waals surface area contributed by atoms with Crippen LogP contribution in [-0.2, 0) is 5.41 Å². The number of pyridine rings is 1. The van der Waals surface area contributed by atoms with E-state index in [1.807, 2.05) is 26.2 Å². The van der Waals surface area contributed by atoms with Crippen molar-refractivity contribution in [2.24, 2.45) is 5.41 Å². The second-order valence-corrected chi connectivity index (χ2v) is 12.8. The molecule has 0 aromatic carbocycles. The van der Waals surface area contributed by atoms with E-state index >= 15 is 4.39 Å². The Bertz CT molecular complexity index is 1420. The van der Waals surface area contributed by atoms with Crippen LogP contribution in [0.3, 0.4) is 0 Å². The maximum Gasteiger partial charge on any atom is 0.255 e. The summed E-state index contributed by atoms with van der Waals surface area (Å²) in [5, 5.41) is 3.14. The number of thiophene rings is 1. The molecule has 2 saturated heterocycles. The molecule has 1 aliphatic carbocycles. The molecule has 8 nitrogen and oxygen atoms in total. The molecule has 198 valence electrons. The van der Waals surface area contributed by atoms with Crippen LogP contribution < -0.4 is 10.2 Å². The number of rotatable bonds is 4. The smallest absolute Gasteiger partial charge is 0.255 e. The number of carbonyl (C=O) groups excluding carboxylic acids is 1. The number of carbonyl (C=O) groups is 1. The summed E-state index contributed by atoms with van der Waals surface area (Å²) in [5.41, 5.74) is 3.42. The van der Waals surface area contributed by atoms with Gasteiger partial charge in [0.05, 0.1) is 28.5 Å². The number of hydrogen-bond acceptors (Lipinski definition) is 8. The Morgan fingerprint density at radius 2 is 1.79 bits per heavy atom. The molecule has 10 heteroatoms. The molecular weight excluding hydrogens is 501 g/mol. The fraction of sp³-hybridized carbons (Fsp3) is 0.500. The van der Waals surface area contributed by atoms with Crippen molar-refractivity contribution in [1.82, 2.24) is 24.8 Å². The highest BCUT2D eigenvalue weighted by molar-refractivity contribution is 7.16. The van der Waals surface area contributed by atoms with E-state index in [4.69, 9.17) is 0 Å². The average molecular weight is 534 g/mol. The fourth-order valence-corrected chi connectivity index (χ4v) is 8.22. The summed E-state index contributed by atoms with van der Waals surface area (Å²) in [5.74, 6) is 0.410. The normalized spacial score (nSPS) is 21.5. The van der Waals surface area contributed by atoms with Gasteiger partial charge in [-0.05, 0) is 62.8 Å². The van der Waals surface area contributed by atoms with Gasteiger partial charge in [0, 0.05) is 50.1 Å². The Labute approximate surface area is 225 Å². The van der Waals surface area contributed by atoms with Crippen LogP contribution in [0, 0.1) is 18.2 Å². The Balaban J connectivity index is 1.10. The van der Waals surface area contributed by atoms with Crippen molar-refractivity contribution in [3.63, 3.8) is 0 Å². The lowest BCUT2D eigenvalue weighted by atomic mass is 9.72. The Kier molecular flexibility index (Phi) is 5.33. The zero-order chi connectivity index (χ0) is 26.2. The van der Waals surface area contributed by atoms with Gasteiger partial charge in [-0.1, -0.05) is 0 Å². The van der Waals surface area contributed by atoms with E-state index in [9.17, 15) is 4.79 Å². The summed E-state index contributed by atoms with van der Waals surface area (Å²) in [6.07, 6.45) is 7.64. The number of nitrogens with zero attached hydrogens (tertiary/aromatic N) is 6. The third-order valence-electron chi connectivity index (χ3n) is 8.93. The lowest BCUT2D eigenvalue weighted by molar-refractivity contribution is 0.00131. The SMILES string of the molecule is Cc1c(-c2nc(Nc3ccc(N4CCC5(CC4)CN(C)C5)cn3)ncc2F)sc2c1C(=O)N(C)CC21CC1. The summed E-state index contributed by atoms with van der Waals surface area (Å²) < 4.78 is 15.0. The highest BCUT2D eigenvalue weighted by atomic mass is 32.1. The number of amides is 1. The molecule has 0 unspecified atom stereocenters. The van der Waals surface area contributed by atoms with Crippen LogP contribution in [0.25, 0.3) is 10.6 Å². The molecule has 3 fully saturated rings. The first-order valence-corrected chi connectivity index (χ1v) is 14.2. The molecule has 3 aliphatic heterocycles. The van der Waals surface area contributed by atoms with Gasteiger partial charge < -0.3 is 20.0 Å². The fourth-order valence-electron chi connectivity index (χ4n) is 6.70. The van der Waals surface area contributed by atoms with Gasteiger partial charge in [0.1, 0.15) is 11.5 Å². The van der Waals surface area contributed by atoms with E-state index in [1.54, 1.807) is 4.90 Å². The Morgan fingerprint density at radius 3 is 2.45 bits per heavy atom. The van der Waals surface area contributed by atoms with Crippen molar-refractivity contribution in [3.05, 3.63) is 46.3 Å². The summed E-state index contributed by atoms with van der Waals surface area (Å²) >= 11 is 1.51. The minimum atomic E-state index is -0.494. The van der Waals surface area contributed by atoms with Crippen molar-refractivity contribution in [2.75, 3.05) is 57.0 Å². The van der Waals surface area contributed by atoms with Gasteiger partial charge in [-0.2, -0.15) is 0 Å². The predicted molar refractivity (Wildman–Crippen MR) is 147 cm³/mol. The molecule has 4 aliphatic rings. The summed E-state index contributed by atoms with van der Waals surface area (Å²) in [4.78, 5) is 34.7. The van der Waals surface area contributed by atoms with Crippen molar-refractivity contribution >= 4 is 34.7 Å². The predicted octanol–water partition coefficient (Wildman–Crippen LogP) is 4.44. The Morgan fingerprint density at radius 1 is 1.03 bits per heavy atom. The third-order valence-corrected chi connectivity index (χ3v) is 10.5. The first-order valence-electron chi connectivity index (χ1n) is 13.3. The Hall–Kier alpha value is -3.11. The zero-order valence-corrected chi connectivity index (χ0v) is 22.9. The van der Waals surface area contributed by atoms with Gasteiger partial charge >= 0.3 is 0 Å². The highest BCUT2D eigenvalue weighted by Crippen LogP contribution is 2.57. The number of likely N-dealkylation sites (tertiary alicyclic amines) is 1. The number of hydrogen-bond donors (Lipinski definition) is 1. The van der Waals surface area contributed by atoms with Gasteiger partial charge in [0.2, 0.25) is 5.95 Å². The minimum absolute atomic E-state index is 0.0125. The van der Waals surface area contributed by atoms with Gasteiger partial charge in [-0.3, -0.25) is 4.79 Å². The summed E-state index contributed by atoms with van der Waals surface area (Å²) in [6, 6.07) is 3.99. The molecule has 2 spiro atoms. The molecule has 0 bridgehead atoms. The number of fused-ring (bicyclic) bond motifs is 2. The number of piperidine rings is 1. The van der Waals surface area contributed by atoms with E-state index in [0.717, 1.165) is 54.2 Å². The monoisotopic (exact) mass is 533 g/mol. The van der Waals surface area contributed by atoms with Crippen molar-refractivity contribution < 1.29 is 9.18 Å². The van der Waals surface area contributed by atoms with Gasteiger partial charge in [-0.25, -0.2) is 19.3 Å². The maximum atomic E-state index is 15.0. The molecule has 38 heavy (non-hydrogen) atoms. The van der Waals surface area contributed by atoms with Gasteiger partial charge in [-0.15, -0.1) is 11.3 Å². The summed E-state index contributed by atoms with van der Waals surface area (Å²) in [7, 11) is 4.04. The molecule has 3 aromatic heterocycles. The molecule has 7 rings (SSSR count). The van der Waals surface area contributed by atoms with E-state index in [1.165, 1.54) is 43.5 Å². The number of halogens is 1. The lowest BCUT2D eigenvalue weighted by Crippen LogP contribution is -2.58. The standard InChI is InChI=1S/C28H32FN7OS/c1-17-21-24(28(6-7-28)16-35(3)25(21)37)38-23(17)22-19(29)13-31-26(33-22)32-20-5-4-18(12-30-20)36-10-8-27(9-11-36)14-34(2)15-27/h4-5,12-13H,6-11,14-16H2,1-3H3,(H,30,31,32,33). The number of nitrogens with one attached hydrogen (secondary N) is 1. The summed E-state index contributed by atoms with van der Waals surface area (Å²) in [6.45, 7) is 7.16. The molecule has 6 heterocycles. The molecule has 1 amide bonds. The van der Waals surface area contributed by atoms with Crippen LogP contribution in [0.1, 0.15) is 46.5 Å². The van der Waals surface area contributed by atoms with Crippen LogP contribution in [0.4, 0.5) is 21.8 Å². The first kappa shape index (κ1) is 24.0. The number of aromatic nitrogens is 3. The van der Waals surface area contributed by atoms with Crippen LogP contribution in [-0.4, -0.2) is 77.5 Å². The van der Waals surface area contributed by atoms with E-state index in [2.05, 4.69) is 43.2 Å². The first-order chi connectivity index (χ1) is 18.3. The molecule has 1 saturated carbocycles. The quantitative estimate of drug-likeness (QED) is 0.531. The zero-order valence-electron chi connectivity index (χ0n) is 22.1. The van der Waals surface area contributed by atoms with Crippen LogP contribution in [0.2, 0.25) is 0 Å². The largest absolute Gasteiger partial charge is 0.370 e. The number of anilines is 3. The van der Waals surface area contributed by atoms with Gasteiger partial charge in [0.25, 0.3) is 5.91 Å². The van der Waals surface area contributed by atoms with Crippen LogP contribution in [0.15, 0.2) is 24.5 Å². The minimum Gasteiger partial charge on any atom is -0.370 e. The number of likely N-dealkylation sites (N-methyl/N-ethyl adjacent to an activating group) is 1. The molecule has 1 N–H and O–H groups in total. The molecular formula is C28H32FN7OS. The second kappa shape index (κ2) is 8.44. The molecule has 3 aromatic rings. The highest BCUT2D eigenvalue weighted by Gasteiger charge is 2.53. The van der Waals surface area contributed by atoms with E-state index in [0.29, 0.717) is 16.1 Å². The topological polar surface area (TPSA) is 77.5 Å². The van der Waals surface area contributed by atoms with Crippen molar-refractivity contribution in [3.8, 4) is 10.6 Å². The molecule has 0 radical (unpaired) electrons. The van der Waals surface area contributed by atoms with Gasteiger partial charge in [0.15, 0.2) is 5.82 Å². The van der Waals surface area contributed by atoms with Crippen LogP contribution >= 0.6 is 11.3 Å².